The van der Waals surface area contributed by atoms with E-state index in [1.165, 1.54) is 6.08 Å². The van der Waals surface area contributed by atoms with Crippen LogP contribution in [0.2, 0.25) is 0 Å². The summed E-state index contributed by atoms with van der Waals surface area (Å²) in [6.07, 6.45) is 6.76. The lowest BCUT2D eigenvalue weighted by atomic mass is 10.1. The molecule has 0 aromatic heterocycles. The number of ether oxygens (including phenoxy) is 2. The third-order valence-corrected chi connectivity index (χ3v) is 3.05. The van der Waals surface area contributed by atoms with Gasteiger partial charge in [-0.1, -0.05) is 38.7 Å². The number of aldehydes is 1. The van der Waals surface area contributed by atoms with Crippen LogP contribution in [-0.2, 0) is 14.3 Å². The maximum absolute atomic E-state index is 12.1. The first kappa shape index (κ1) is 20.9. The highest BCUT2D eigenvalue weighted by Crippen LogP contribution is 2.12. The third kappa shape index (κ3) is 9.55. The fourth-order valence-corrected chi connectivity index (χ4v) is 1.98. The van der Waals surface area contributed by atoms with E-state index < -0.39 is 18.2 Å². The zero-order valence-electron chi connectivity index (χ0n) is 14.2. The monoisotopic (exact) mass is 328 g/mol. The summed E-state index contributed by atoms with van der Waals surface area (Å²) in [7, 11) is 0. The maximum atomic E-state index is 12.1. The number of hydrogen-bond donors (Lipinski definition) is 1. The summed E-state index contributed by atoms with van der Waals surface area (Å²) in [5.41, 5.74) is 2.38. The van der Waals surface area contributed by atoms with Crippen molar-refractivity contribution in [2.75, 3.05) is 13.2 Å². The average Bonchev–Trinajstić information content (AvgIpc) is 2.53. The van der Waals surface area contributed by atoms with Crippen molar-refractivity contribution in [2.45, 2.75) is 58.9 Å². The molecule has 7 heteroatoms. The minimum absolute atomic E-state index is 0.180. The molecule has 2 amide bonds. The van der Waals surface area contributed by atoms with Crippen molar-refractivity contribution in [3.8, 4) is 0 Å². The zero-order valence-corrected chi connectivity index (χ0v) is 14.2. The molecule has 1 N–H and O–H groups in total. The molecule has 0 spiro atoms. The fourth-order valence-electron chi connectivity index (χ4n) is 1.98. The highest BCUT2D eigenvalue weighted by molar-refractivity contribution is 5.74. The number of rotatable bonds is 10. The van der Waals surface area contributed by atoms with E-state index in [1.807, 2.05) is 0 Å². The number of hydrazine groups is 1. The Morgan fingerprint density at radius 3 is 2.35 bits per heavy atom. The normalized spacial score (nSPS) is 11.8. The predicted octanol–water partition coefficient (Wildman–Crippen LogP) is 3.20. The van der Waals surface area contributed by atoms with Gasteiger partial charge in [-0.05, 0) is 26.3 Å². The molecule has 0 aliphatic carbocycles. The quantitative estimate of drug-likeness (QED) is 0.288. The van der Waals surface area contributed by atoms with E-state index in [4.69, 9.17) is 9.47 Å². The number of allylic oxidation sites excluding steroid dienone is 1. The Kier molecular flexibility index (Phi) is 12.4. The number of nitrogens with zero attached hydrogens (tertiary/aromatic N) is 1. The Bertz CT molecular complexity index is 385. The first-order valence-electron chi connectivity index (χ1n) is 8.11. The molecular formula is C16H28N2O5. The van der Waals surface area contributed by atoms with Crippen molar-refractivity contribution in [2.24, 2.45) is 0 Å². The first-order valence-corrected chi connectivity index (χ1v) is 8.11. The molecule has 7 nitrogen and oxygen atoms in total. The molecule has 0 fully saturated rings. The number of hydrogen-bond acceptors (Lipinski definition) is 5. The van der Waals surface area contributed by atoms with Gasteiger partial charge in [-0.2, -0.15) is 0 Å². The molecule has 0 aliphatic rings. The molecule has 0 heterocycles. The van der Waals surface area contributed by atoms with E-state index >= 15 is 0 Å². The summed E-state index contributed by atoms with van der Waals surface area (Å²) in [6, 6.07) is -0.472. The third-order valence-electron chi connectivity index (χ3n) is 3.05. The van der Waals surface area contributed by atoms with E-state index in [9.17, 15) is 14.4 Å². The summed E-state index contributed by atoms with van der Waals surface area (Å²) in [4.78, 5) is 34.3. The van der Waals surface area contributed by atoms with Crippen LogP contribution in [0.25, 0.3) is 0 Å². The van der Waals surface area contributed by atoms with Gasteiger partial charge in [0.25, 0.3) is 0 Å². The van der Waals surface area contributed by atoms with Crippen LogP contribution in [0.5, 0.6) is 0 Å². The van der Waals surface area contributed by atoms with Gasteiger partial charge in [0.15, 0.2) is 0 Å². The first-order chi connectivity index (χ1) is 11.1. The molecule has 0 aliphatic heterocycles. The molecular weight excluding hydrogens is 300 g/mol. The van der Waals surface area contributed by atoms with Crippen LogP contribution in [0.4, 0.5) is 9.59 Å². The van der Waals surface area contributed by atoms with Crippen molar-refractivity contribution >= 4 is 18.5 Å². The van der Waals surface area contributed by atoms with Gasteiger partial charge in [0, 0.05) is 0 Å². The van der Waals surface area contributed by atoms with Gasteiger partial charge in [0.1, 0.15) is 6.29 Å². The molecule has 0 rings (SSSR count). The van der Waals surface area contributed by atoms with Crippen molar-refractivity contribution in [3.63, 3.8) is 0 Å². The van der Waals surface area contributed by atoms with Crippen LogP contribution in [-0.4, -0.2) is 42.7 Å². The van der Waals surface area contributed by atoms with E-state index in [0.717, 1.165) is 30.7 Å². The number of amides is 2. The SMILES string of the molecule is CCCCCC[C@@H](/C=C/C=O)N(NC(=O)OCC)C(=O)OCC. The van der Waals surface area contributed by atoms with Crippen LogP contribution in [0.15, 0.2) is 12.2 Å². The lowest BCUT2D eigenvalue weighted by Gasteiger charge is -2.28. The van der Waals surface area contributed by atoms with Crippen LogP contribution >= 0.6 is 0 Å². The largest absolute Gasteiger partial charge is 0.449 e. The molecule has 0 radical (unpaired) electrons. The fraction of sp³-hybridized carbons (Fsp3) is 0.688. The molecule has 0 aromatic rings. The predicted molar refractivity (Wildman–Crippen MR) is 86.8 cm³/mol. The second kappa shape index (κ2) is 13.6. The van der Waals surface area contributed by atoms with Gasteiger partial charge in [0.2, 0.25) is 0 Å². The van der Waals surface area contributed by atoms with Crippen LogP contribution in [0, 0.1) is 0 Å². The van der Waals surface area contributed by atoms with Gasteiger partial charge in [-0.25, -0.2) is 20.0 Å². The minimum atomic E-state index is -0.737. The smallest absolute Gasteiger partial charge is 0.429 e. The highest BCUT2D eigenvalue weighted by Gasteiger charge is 2.25. The molecule has 0 unspecified atom stereocenters. The zero-order chi connectivity index (χ0) is 17.5. The van der Waals surface area contributed by atoms with Gasteiger partial charge in [-0.15, -0.1) is 0 Å². The summed E-state index contributed by atoms with van der Waals surface area (Å²) in [5, 5.41) is 1.08. The molecule has 0 saturated carbocycles. The van der Waals surface area contributed by atoms with Crippen LogP contribution in [0.3, 0.4) is 0 Å². The number of unbranched alkanes of at least 4 members (excludes halogenated alkanes) is 3. The summed E-state index contributed by atoms with van der Waals surface area (Å²) in [5.74, 6) is 0. The summed E-state index contributed by atoms with van der Waals surface area (Å²) < 4.78 is 9.77. The second-order valence-corrected chi connectivity index (χ2v) is 4.84. The molecule has 0 saturated heterocycles. The molecule has 23 heavy (non-hydrogen) atoms. The Morgan fingerprint density at radius 1 is 1.09 bits per heavy atom. The molecule has 0 bridgehead atoms. The minimum Gasteiger partial charge on any atom is -0.449 e. The van der Waals surface area contributed by atoms with Gasteiger partial charge in [-0.3, -0.25) is 4.79 Å². The van der Waals surface area contributed by atoms with Crippen molar-refractivity contribution in [3.05, 3.63) is 12.2 Å². The Morgan fingerprint density at radius 2 is 1.78 bits per heavy atom. The van der Waals surface area contributed by atoms with Crippen LogP contribution in [0.1, 0.15) is 52.9 Å². The Labute approximate surface area is 138 Å². The Balaban J connectivity index is 5.00. The molecule has 0 aromatic carbocycles. The summed E-state index contributed by atoms with van der Waals surface area (Å²) in [6.45, 7) is 5.82. The van der Waals surface area contributed by atoms with Gasteiger partial charge >= 0.3 is 12.2 Å². The lowest BCUT2D eigenvalue weighted by molar-refractivity contribution is -0.104. The maximum Gasteiger partial charge on any atom is 0.429 e. The van der Waals surface area contributed by atoms with E-state index in [2.05, 4.69) is 12.3 Å². The van der Waals surface area contributed by atoms with Crippen molar-refractivity contribution in [1.29, 1.82) is 0 Å². The van der Waals surface area contributed by atoms with Crippen LogP contribution < -0.4 is 5.43 Å². The van der Waals surface area contributed by atoms with E-state index in [1.54, 1.807) is 19.9 Å². The number of carbonyl (C=O) groups is 3. The summed E-state index contributed by atoms with van der Waals surface area (Å²) >= 11 is 0. The van der Waals surface area contributed by atoms with Crippen molar-refractivity contribution < 1.29 is 23.9 Å². The highest BCUT2D eigenvalue weighted by atomic mass is 16.6. The molecule has 1 atom stereocenters. The number of carbonyl (C=O) groups excluding carboxylic acids is 3. The lowest BCUT2D eigenvalue weighted by Crippen LogP contribution is -2.51. The van der Waals surface area contributed by atoms with Gasteiger partial charge < -0.3 is 9.47 Å². The standard InChI is InChI=1S/C16H28N2O5/c1-4-7-8-9-11-14(12-10-13-19)18(16(21)23-6-3)17-15(20)22-5-2/h10,12-14H,4-9,11H2,1-3H3,(H,17,20)/b12-10+/t14-/m0/s1. The van der Waals surface area contributed by atoms with Crippen molar-refractivity contribution in [1.82, 2.24) is 10.4 Å². The van der Waals surface area contributed by atoms with Gasteiger partial charge in [0.05, 0.1) is 19.3 Å². The Hall–Kier alpha value is -2.05. The molecule has 132 valence electrons. The van der Waals surface area contributed by atoms with E-state index in [0.29, 0.717) is 12.7 Å². The van der Waals surface area contributed by atoms with E-state index in [-0.39, 0.29) is 13.2 Å². The second-order valence-electron chi connectivity index (χ2n) is 4.84. The number of nitrogens with one attached hydrogen (secondary N) is 1. The topological polar surface area (TPSA) is 84.9 Å². The average molecular weight is 328 g/mol.